The number of hydrogen-bond acceptors (Lipinski definition) is 2. The second-order valence-corrected chi connectivity index (χ2v) is 4.14. The van der Waals surface area contributed by atoms with Gasteiger partial charge in [-0.2, -0.15) is 4.99 Å². The molecule has 80 valence electrons. The summed E-state index contributed by atoms with van der Waals surface area (Å²) in [5, 5.41) is 0. The molecule has 0 spiro atoms. The van der Waals surface area contributed by atoms with Gasteiger partial charge in [0.25, 0.3) is 0 Å². The van der Waals surface area contributed by atoms with E-state index in [1.54, 1.807) is 18.2 Å². The number of rotatable bonds is 4. The minimum absolute atomic E-state index is 0.232. The fourth-order valence-corrected chi connectivity index (χ4v) is 1.28. The van der Waals surface area contributed by atoms with Gasteiger partial charge < -0.3 is 0 Å². The Balaban J connectivity index is 2.57. The molecule has 1 aromatic rings. The molecule has 0 atom stereocenters. The van der Waals surface area contributed by atoms with Crippen LogP contribution in [0.3, 0.4) is 0 Å². The molecule has 0 aromatic heterocycles. The normalized spacial score (nSPS) is 10.9. The standard InChI is InChI=1S/C12H14FNO/c1-12(2,14-9-15)8-7-10-3-5-11(13)6-4-10/h3-6H,7-8H2,1-2H3. The molecule has 1 rings (SSSR count). The third-order valence-electron chi connectivity index (χ3n) is 2.29. The molecule has 2 nitrogen and oxygen atoms in total. The highest BCUT2D eigenvalue weighted by atomic mass is 19.1. The molecule has 3 heteroatoms. The van der Waals surface area contributed by atoms with Gasteiger partial charge in [0.2, 0.25) is 6.08 Å². The molecule has 0 fully saturated rings. The van der Waals surface area contributed by atoms with E-state index in [0.717, 1.165) is 18.4 Å². The van der Waals surface area contributed by atoms with Crippen LogP contribution in [0.4, 0.5) is 4.39 Å². The molecule has 0 amide bonds. The molecule has 0 heterocycles. The first-order valence-corrected chi connectivity index (χ1v) is 4.87. The first-order valence-electron chi connectivity index (χ1n) is 4.87. The fraction of sp³-hybridized carbons (Fsp3) is 0.417. The molecule has 0 unspecified atom stereocenters. The minimum Gasteiger partial charge on any atom is -0.211 e. The first-order chi connectivity index (χ1) is 7.03. The highest BCUT2D eigenvalue weighted by Gasteiger charge is 2.15. The van der Waals surface area contributed by atoms with Crippen molar-refractivity contribution >= 4 is 6.08 Å². The number of halogens is 1. The largest absolute Gasteiger partial charge is 0.235 e. The van der Waals surface area contributed by atoms with Crippen molar-refractivity contribution in [1.82, 2.24) is 0 Å². The Labute approximate surface area is 88.8 Å². The molecular weight excluding hydrogens is 193 g/mol. The number of isocyanates is 1. The number of benzene rings is 1. The van der Waals surface area contributed by atoms with E-state index in [1.165, 1.54) is 12.1 Å². The van der Waals surface area contributed by atoms with Crippen LogP contribution in [0.2, 0.25) is 0 Å². The van der Waals surface area contributed by atoms with Crippen LogP contribution in [0.5, 0.6) is 0 Å². The van der Waals surface area contributed by atoms with Crippen molar-refractivity contribution in [3.63, 3.8) is 0 Å². The van der Waals surface area contributed by atoms with Gasteiger partial charge in [-0.25, -0.2) is 9.18 Å². The lowest BCUT2D eigenvalue weighted by Crippen LogP contribution is -2.17. The fourth-order valence-electron chi connectivity index (χ4n) is 1.28. The summed E-state index contributed by atoms with van der Waals surface area (Å²) in [5.41, 5.74) is 0.654. The summed E-state index contributed by atoms with van der Waals surface area (Å²) in [7, 11) is 0. The second-order valence-electron chi connectivity index (χ2n) is 4.14. The molecule has 0 aliphatic carbocycles. The maximum atomic E-state index is 12.6. The Morgan fingerprint density at radius 3 is 2.47 bits per heavy atom. The molecule has 0 saturated carbocycles. The summed E-state index contributed by atoms with van der Waals surface area (Å²) in [6, 6.07) is 6.36. The lowest BCUT2D eigenvalue weighted by molar-refractivity contribution is 0.470. The van der Waals surface area contributed by atoms with Crippen LogP contribution in [0, 0.1) is 5.82 Å². The number of nitrogens with zero attached hydrogens (tertiary/aromatic N) is 1. The van der Waals surface area contributed by atoms with Crippen LogP contribution in [0.15, 0.2) is 29.3 Å². The molecule has 0 radical (unpaired) electrons. The second kappa shape index (κ2) is 4.85. The monoisotopic (exact) mass is 207 g/mol. The predicted molar refractivity (Wildman–Crippen MR) is 56.9 cm³/mol. The average Bonchev–Trinajstić information content (AvgIpc) is 2.17. The van der Waals surface area contributed by atoms with Crippen molar-refractivity contribution in [2.45, 2.75) is 32.2 Å². The van der Waals surface area contributed by atoms with Gasteiger partial charge in [0.1, 0.15) is 5.82 Å². The van der Waals surface area contributed by atoms with Crippen molar-refractivity contribution < 1.29 is 9.18 Å². The Morgan fingerprint density at radius 1 is 1.33 bits per heavy atom. The van der Waals surface area contributed by atoms with E-state index in [2.05, 4.69) is 4.99 Å². The zero-order chi connectivity index (χ0) is 11.3. The average molecular weight is 207 g/mol. The molecule has 1 aromatic carbocycles. The Kier molecular flexibility index (Phi) is 3.75. The number of aryl methyl sites for hydroxylation is 1. The summed E-state index contributed by atoms with van der Waals surface area (Å²) in [4.78, 5) is 13.8. The minimum atomic E-state index is -0.393. The summed E-state index contributed by atoms with van der Waals surface area (Å²) in [6.07, 6.45) is 3.09. The van der Waals surface area contributed by atoms with Gasteiger partial charge in [-0.05, 0) is 44.4 Å². The molecule has 0 bridgehead atoms. The van der Waals surface area contributed by atoms with E-state index in [9.17, 15) is 9.18 Å². The van der Waals surface area contributed by atoms with Gasteiger partial charge in [0.15, 0.2) is 0 Å². The molecular formula is C12H14FNO. The maximum absolute atomic E-state index is 12.6. The van der Waals surface area contributed by atoms with E-state index in [4.69, 9.17) is 0 Å². The smallest absolute Gasteiger partial charge is 0.211 e. The molecule has 0 saturated heterocycles. The van der Waals surface area contributed by atoms with Crippen LogP contribution in [0.1, 0.15) is 25.8 Å². The van der Waals surface area contributed by atoms with Crippen LogP contribution >= 0.6 is 0 Å². The lowest BCUT2D eigenvalue weighted by atomic mass is 9.96. The summed E-state index contributed by atoms with van der Waals surface area (Å²) in [6.45, 7) is 3.75. The van der Waals surface area contributed by atoms with E-state index >= 15 is 0 Å². The van der Waals surface area contributed by atoms with Crippen molar-refractivity contribution in [1.29, 1.82) is 0 Å². The van der Waals surface area contributed by atoms with Gasteiger partial charge >= 0.3 is 0 Å². The van der Waals surface area contributed by atoms with Gasteiger partial charge in [-0.15, -0.1) is 0 Å². The van der Waals surface area contributed by atoms with Crippen molar-refractivity contribution in [2.24, 2.45) is 4.99 Å². The van der Waals surface area contributed by atoms with Crippen molar-refractivity contribution in [3.05, 3.63) is 35.6 Å². The number of carbonyl (C=O) groups excluding carboxylic acids is 1. The Morgan fingerprint density at radius 2 is 1.93 bits per heavy atom. The lowest BCUT2D eigenvalue weighted by Gasteiger charge is -2.16. The molecule has 15 heavy (non-hydrogen) atoms. The number of aliphatic imine (C=N–C) groups is 1. The number of hydrogen-bond donors (Lipinski definition) is 0. The summed E-state index contributed by atoms with van der Waals surface area (Å²) < 4.78 is 12.6. The maximum Gasteiger partial charge on any atom is 0.235 e. The SMILES string of the molecule is CC(C)(CCc1ccc(F)cc1)N=C=O. The van der Waals surface area contributed by atoms with Crippen LogP contribution in [0.25, 0.3) is 0 Å². The van der Waals surface area contributed by atoms with Crippen molar-refractivity contribution in [2.75, 3.05) is 0 Å². The molecule has 0 N–H and O–H groups in total. The van der Waals surface area contributed by atoms with Gasteiger partial charge in [-0.1, -0.05) is 12.1 Å². The summed E-state index contributed by atoms with van der Waals surface area (Å²) in [5.74, 6) is -0.232. The quantitative estimate of drug-likeness (QED) is 0.551. The van der Waals surface area contributed by atoms with E-state index in [0.29, 0.717) is 0 Å². The molecule has 0 aliphatic heterocycles. The van der Waals surface area contributed by atoms with Crippen LogP contribution in [-0.2, 0) is 11.2 Å². The highest BCUT2D eigenvalue weighted by molar-refractivity contribution is 5.34. The first kappa shape index (κ1) is 11.6. The van der Waals surface area contributed by atoms with Crippen LogP contribution < -0.4 is 0 Å². The summed E-state index contributed by atoms with van der Waals surface area (Å²) >= 11 is 0. The van der Waals surface area contributed by atoms with E-state index < -0.39 is 5.54 Å². The van der Waals surface area contributed by atoms with Gasteiger partial charge in [0.05, 0.1) is 5.54 Å². The third kappa shape index (κ3) is 4.05. The Bertz CT molecular complexity index is 364. The van der Waals surface area contributed by atoms with Crippen LogP contribution in [-0.4, -0.2) is 11.6 Å². The topological polar surface area (TPSA) is 29.4 Å². The molecule has 0 aliphatic rings. The van der Waals surface area contributed by atoms with E-state index in [1.807, 2.05) is 13.8 Å². The van der Waals surface area contributed by atoms with E-state index in [-0.39, 0.29) is 5.82 Å². The third-order valence-corrected chi connectivity index (χ3v) is 2.29. The predicted octanol–water partition coefficient (Wildman–Crippen LogP) is 2.87. The highest BCUT2D eigenvalue weighted by Crippen LogP contribution is 2.17. The van der Waals surface area contributed by atoms with Gasteiger partial charge in [-0.3, -0.25) is 0 Å². The van der Waals surface area contributed by atoms with Crippen molar-refractivity contribution in [3.8, 4) is 0 Å². The zero-order valence-electron chi connectivity index (χ0n) is 8.96. The Hall–Kier alpha value is -1.47. The van der Waals surface area contributed by atoms with Gasteiger partial charge in [0, 0.05) is 0 Å². The zero-order valence-corrected chi connectivity index (χ0v) is 8.96.